The number of nitrogens with one attached hydrogen (secondary N) is 3. The molecule has 0 spiro atoms. The molecule has 1 aromatic carbocycles. The van der Waals surface area contributed by atoms with Gasteiger partial charge in [-0.1, -0.05) is 0 Å². The van der Waals surface area contributed by atoms with Gasteiger partial charge in [-0.05, 0) is 92.8 Å². The van der Waals surface area contributed by atoms with Gasteiger partial charge in [-0.2, -0.15) is 0 Å². The normalized spacial score (nSPS) is 31.0. The number of rotatable bonds is 7. The lowest BCUT2D eigenvalue weighted by molar-refractivity contribution is -0.00810. The third-order valence-corrected chi connectivity index (χ3v) is 8.24. The zero-order valence-electron chi connectivity index (χ0n) is 16.2. The largest absolute Gasteiger partial charge is 0.383 e. The third-order valence-electron chi connectivity index (χ3n) is 6.40. The highest BCUT2D eigenvalue weighted by Gasteiger charge is 2.52. The van der Waals surface area contributed by atoms with Gasteiger partial charge in [0.15, 0.2) is 5.11 Å². The molecule has 28 heavy (non-hydrogen) atoms. The van der Waals surface area contributed by atoms with Crippen LogP contribution in [-0.4, -0.2) is 39.3 Å². The second kappa shape index (κ2) is 7.89. The number of thiocarbonyl (C=S) groups is 1. The molecule has 6 nitrogen and oxygen atoms in total. The zero-order valence-corrected chi connectivity index (χ0v) is 17.9. The molecule has 4 saturated carbocycles. The van der Waals surface area contributed by atoms with Gasteiger partial charge in [0.1, 0.15) is 0 Å². The van der Waals surface area contributed by atoms with Crippen molar-refractivity contribution in [3.8, 4) is 0 Å². The van der Waals surface area contributed by atoms with E-state index in [1.165, 1.54) is 19.3 Å². The summed E-state index contributed by atoms with van der Waals surface area (Å²) >= 11 is 5.22. The van der Waals surface area contributed by atoms with Gasteiger partial charge >= 0.3 is 0 Å². The molecule has 0 heterocycles. The monoisotopic (exact) mass is 423 g/mol. The molecule has 4 aliphatic carbocycles. The molecule has 0 atom stereocenters. The molecule has 4 fully saturated rings. The van der Waals surface area contributed by atoms with E-state index in [2.05, 4.69) is 15.4 Å². The molecule has 4 bridgehead atoms. The molecule has 0 aliphatic heterocycles. The summed E-state index contributed by atoms with van der Waals surface area (Å²) in [4.78, 5) is 0.312. The van der Waals surface area contributed by atoms with Gasteiger partial charge < -0.3 is 15.4 Å². The van der Waals surface area contributed by atoms with Crippen LogP contribution in [0.1, 0.15) is 38.5 Å². The van der Waals surface area contributed by atoms with Crippen molar-refractivity contribution in [1.29, 1.82) is 0 Å². The van der Waals surface area contributed by atoms with E-state index in [0.29, 0.717) is 40.9 Å². The van der Waals surface area contributed by atoms with Crippen LogP contribution in [0.3, 0.4) is 0 Å². The van der Waals surface area contributed by atoms with Crippen molar-refractivity contribution in [3.05, 3.63) is 24.3 Å². The van der Waals surface area contributed by atoms with Gasteiger partial charge in [-0.3, -0.25) is 0 Å². The van der Waals surface area contributed by atoms with E-state index in [1.807, 2.05) is 0 Å². The molecule has 0 aromatic heterocycles. The third kappa shape index (κ3) is 4.35. The van der Waals surface area contributed by atoms with Crippen molar-refractivity contribution >= 4 is 33.0 Å². The fourth-order valence-corrected chi connectivity index (χ4v) is 7.39. The first-order valence-electron chi connectivity index (χ1n) is 10.1. The Kier molecular flexibility index (Phi) is 5.66. The highest BCUT2D eigenvalue weighted by atomic mass is 32.2. The average molecular weight is 424 g/mol. The van der Waals surface area contributed by atoms with Crippen molar-refractivity contribution in [2.24, 2.45) is 17.8 Å². The van der Waals surface area contributed by atoms with E-state index < -0.39 is 10.0 Å². The summed E-state index contributed by atoms with van der Waals surface area (Å²) in [5.74, 6) is 2.10. The van der Waals surface area contributed by atoms with Gasteiger partial charge in [0, 0.05) is 24.9 Å². The number of methoxy groups -OCH3 is 1. The van der Waals surface area contributed by atoms with Crippen molar-refractivity contribution in [3.63, 3.8) is 0 Å². The lowest BCUT2D eigenvalue weighted by atomic mass is 9.53. The second-order valence-electron chi connectivity index (χ2n) is 8.70. The molecule has 0 radical (unpaired) electrons. The van der Waals surface area contributed by atoms with E-state index in [9.17, 15) is 8.42 Å². The summed E-state index contributed by atoms with van der Waals surface area (Å²) in [7, 11) is -1.89. The number of hydrogen-bond donors (Lipinski definition) is 3. The Balaban J connectivity index is 1.40. The molecule has 0 unspecified atom stereocenters. The Morgan fingerprint density at radius 3 is 2.21 bits per heavy atom. The first kappa shape index (κ1) is 20.1. The molecule has 0 saturated heterocycles. The quantitative estimate of drug-likeness (QED) is 0.462. The molecule has 5 rings (SSSR count). The lowest BCUT2D eigenvalue weighted by Crippen LogP contribution is -2.59. The van der Waals surface area contributed by atoms with Crippen LogP contribution >= 0.6 is 12.2 Å². The Morgan fingerprint density at radius 2 is 1.68 bits per heavy atom. The van der Waals surface area contributed by atoms with Crippen molar-refractivity contribution < 1.29 is 13.2 Å². The summed E-state index contributed by atoms with van der Waals surface area (Å²) in [5, 5.41) is 6.57. The maximum Gasteiger partial charge on any atom is 0.241 e. The SMILES string of the molecule is COCCNC(=S)Nc1ccc(S(=O)(=O)NC23CC4CC(CC(C4)C2)C3)cc1. The number of anilines is 1. The van der Waals surface area contributed by atoms with Crippen LogP contribution in [0.4, 0.5) is 5.69 Å². The first-order valence-corrected chi connectivity index (χ1v) is 11.9. The average Bonchev–Trinajstić information content (AvgIpc) is 2.60. The summed E-state index contributed by atoms with van der Waals surface area (Å²) in [6.07, 6.45) is 6.87. The molecule has 3 N–H and O–H groups in total. The highest BCUT2D eigenvalue weighted by Crippen LogP contribution is 2.55. The van der Waals surface area contributed by atoms with Crippen molar-refractivity contribution in [2.75, 3.05) is 25.6 Å². The van der Waals surface area contributed by atoms with Crippen molar-refractivity contribution in [1.82, 2.24) is 10.0 Å². The van der Waals surface area contributed by atoms with E-state index in [4.69, 9.17) is 17.0 Å². The summed E-state index contributed by atoms with van der Waals surface area (Å²) in [6.45, 7) is 1.18. The molecule has 1 aromatic rings. The maximum absolute atomic E-state index is 13.0. The zero-order chi connectivity index (χ0) is 19.8. The summed E-state index contributed by atoms with van der Waals surface area (Å²) in [5.41, 5.74) is 0.529. The topological polar surface area (TPSA) is 79.5 Å². The molecule has 8 heteroatoms. The van der Waals surface area contributed by atoms with Crippen LogP contribution in [0, 0.1) is 17.8 Å². The molecule has 154 valence electrons. The summed E-state index contributed by atoms with van der Waals surface area (Å²) in [6, 6.07) is 6.78. The predicted molar refractivity (Wildman–Crippen MR) is 114 cm³/mol. The highest BCUT2D eigenvalue weighted by molar-refractivity contribution is 7.89. The van der Waals surface area contributed by atoms with E-state index in [-0.39, 0.29) is 5.54 Å². The smallest absolute Gasteiger partial charge is 0.241 e. The number of sulfonamides is 1. The predicted octanol–water partition coefficient (Wildman–Crippen LogP) is 2.87. The van der Waals surface area contributed by atoms with E-state index >= 15 is 0 Å². The number of hydrogen-bond acceptors (Lipinski definition) is 4. The molecule has 4 aliphatic rings. The van der Waals surface area contributed by atoms with E-state index in [1.54, 1.807) is 31.4 Å². The second-order valence-corrected chi connectivity index (χ2v) is 10.8. The van der Waals surface area contributed by atoms with Crippen LogP contribution < -0.4 is 15.4 Å². The Labute approximate surface area is 172 Å². The van der Waals surface area contributed by atoms with Gasteiger partial charge in [-0.15, -0.1) is 0 Å². The molecular weight excluding hydrogens is 394 g/mol. The van der Waals surface area contributed by atoms with Crippen LogP contribution in [0.5, 0.6) is 0 Å². The van der Waals surface area contributed by atoms with Gasteiger partial charge in [-0.25, -0.2) is 13.1 Å². The first-order chi connectivity index (χ1) is 13.4. The summed E-state index contributed by atoms with van der Waals surface area (Å²) < 4.78 is 34.2. The minimum absolute atomic E-state index is 0.225. The Morgan fingerprint density at radius 1 is 1.11 bits per heavy atom. The van der Waals surface area contributed by atoms with Crippen LogP contribution in [0.25, 0.3) is 0 Å². The Hall–Kier alpha value is -1.22. The van der Waals surface area contributed by atoms with Crippen LogP contribution in [-0.2, 0) is 14.8 Å². The van der Waals surface area contributed by atoms with Gasteiger partial charge in [0.05, 0.1) is 11.5 Å². The number of benzene rings is 1. The fraction of sp³-hybridized carbons (Fsp3) is 0.650. The number of ether oxygens (including phenoxy) is 1. The molecule has 0 amide bonds. The lowest BCUT2D eigenvalue weighted by Gasteiger charge is -2.56. The van der Waals surface area contributed by atoms with Gasteiger partial charge in [0.2, 0.25) is 10.0 Å². The maximum atomic E-state index is 13.0. The fourth-order valence-electron chi connectivity index (χ4n) is 5.74. The molecular formula is C20H29N3O3S2. The van der Waals surface area contributed by atoms with E-state index in [0.717, 1.165) is 24.9 Å². The minimum atomic E-state index is -3.53. The Bertz CT molecular complexity index is 788. The standard InChI is InChI=1S/C20H29N3O3S2/c1-26-7-6-21-19(27)22-17-2-4-18(5-3-17)28(24,25)23-20-11-14-8-15(12-20)10-16(9-14)13-20/h2-5,14-16,23H,6-13H2,1H3,(H2,21,22,27). The van der Waals surface area contributed by atoms with Crippen LogP contribution in [0.2, 0.25) is 0 Å². The van der Waals surface area contributed by atoms with Gasteiger partial charge in [0.25, 0.3) is 0 Å². The van der Waals surface area contributed by atoms with Crippen LogP contribution in [0.15, 0.2) is 29.2 Å². The minimum Gasteiger partial charge on any atom is -0.383 e. The van der Waals surface area contributed by atoms with Crippen molar-refractivity contribution in [2.45, 2.75) is 49.0 Å².